The molecule has 0 fully saturated rings. The van der Waals surface area contributed by atoms with Crippen molar-refractivity contribution in [2.24, 2.45) is 0 Å². The van der Waals surface area contributed by atoms with Crippen molar-refractivity contribution in [2.75, 3.05) is 6.61 Å². The molecule has 1 aliphatic carbocycles. The summed E-state index contributed by atoms with van der Waals surface area (Å²) in [6, 6.07) is 0. The van der Waals surface area contributed by atoms with Gasteiger partial charge in [-0.15, -0.1) is 0 Å². The molecular formula is C15H22O2. The number of carbonyl (C=O) groups is 1. The molecule has 0 spiro atoms. The van der Waals surface area contributed by atoms with Gasteiger partial charge in [-0.2, -0.15) is 0 Å². The number of Topliss-reactive ketones (excluding diaryl/α,β-unsaturated/α-hetero) is 1. The van der Waals surface area contributed by atoms with Crippen LogP contribution < -0.4 is 0 Å². The first-order valence-corrected chi connectivity index (χ1v) is 6.18. The Hall–Kier alpha value is -1.15. The molecule has 0 heterocycles. The third-order valence-corrected chi connectivity index (χ3v) is 3.21. The van der Waals surface area contributed by atoms with Crippen molar-refractivity contribution in [1.29, 1.82) is 0 Å². The summed E-state index contributed by atoms with van der Waals surface area (Å²) in [5.74, 6) is 0.149. The van der Waals surface area contributed by atoms with Gasteiger partial charge in [0.05, 0.1) is 6.61 Å². The molecule has 1 aliphatic rings. The van der Waals surface area contributed by atoms with Crippen LogP contribution in [0.1, 0.15) is 46.5 Å². The zero-order valence-electron chi connectivity index (χ0n) is 11.0. The summed E-state index contributed by atoms with van der Waals surface area (Å²) in [6.07, 6.45) is 7.47. The molecule has 0 amide bonds. The number of aliphatic hydroxyl groups excluding tert-OH is 1. The molecule has 0 radical (unpaired) electrons. The number of hydrogen-bond donors (Lipinski definition) is 1. The van der Waals surface area contributed by atoms with Gasteiger partial charge in [-0.1, -0.05) is 23.3 Å². The van der Waals surface area contributed by atoms with E-state index in [1.807, 2.05) is 13.8 Å². The predicted octanol–water partition coefficient (Wildman–Crippen LogP) is 3.33. The van der Waals surface area contributed by atoms with E-state index in [2.05, 4.69) is 19.1 Å². The molecule has 0 bridgehead atoms. The lowest BCUT2D eigenvalue weighted by atomic mass is 9.94. The molecule has 2 heteroatoms. The lowest BCUT2D eigenvalue weighted by molar-refractivity contribution is -0.115. The van der Waals surface area contributed by atoms with Crippen LogP contribution in [0.2, 0.25) is 0 Å². The maximum atomic E-state index is 12.1. The molecule has 0 aromatic heterocycles. The van der Waals surface area contributed by atoms with Crippen molar-refractivity contribution in [3.05, 3.63) is 34.4 Å². The molecule has 0 aromatic carbocycles. The highest BCUT2D eigenvalue weighted by Gasteiger charge is 2.13. The number of ketones is 1. The van der Waals surface area contributed by atoms with E-state index in [4.69, 9.17) is 0 Å². The summed E-state index contributed by atoms with van der Waals surface area (Å²) >= 11 is 0. The van der Waals surface area contributed by atoms with E-state index in [-0.39, 0.29) is 12.4 Å². The van der Waals surface area contributed by atoms with Crippen molar-refractivity contribution >= 4 is 5.78 Å². The highest BCUT2D eigenvalue weighted by molar-refractivity contribution is 5.97. The van der Waals surface area contributed by atoms with E-state index in [9.17, 15) is 9.90 Å². The molecule has 1 rings (SSSR count). The van der Waals surface area contributed by atoms with E-state index >= 15 is 0 Å². The molecule has 0 atom stereocenters. The SMILES string of the molecule is C/C1=C\C/C(=C(/C)CO)C(=O)C/C(C)=C/CC1. The van der Waals surface area contributed by atoms with Crippen LogP contribution in [0, 0.1) is 0 Å². The average Bonchev–Trinajstić information content (AvgIpc) is 2.28. The predicted molar refractivity (Wildman–Crippen MR) is 70.8 cm³/mol. The lowest BCUT2D eigenvalue weighted by Gasteiger charge is -2.11. The molecule has 0 aliphatic heterocycles. The highest BCUT2D eigenvalue weighted by Crippen LogP contribution is 2.20. The van der Waals surface area contributed by atoms with Crippen LogP contribution in [-0.2, 0) is 4.79 Å². The Bertz CT molecular complexity index is 384. The quantitative estimate of drug-likeness (QED) is 0.558. The lowest BCUT2D eigenvalue weighted by Crippen LogP contribution is -2.08. The normalized spacial score (nSPS) is 27.9. The second kappa shape index (κ2) is 6.55. The van der Waals surface area contributed by atoms with Crippen LogP contribution in [0.4, 0.5) is 0 Å². The molecular weight excluding hydrogens is 212 g/mol. The Morgan fingerprint density at radius 1 is 1.29 bits per heavy atom. The van der Waals surface area contributed by atoms with Crippen molar-refractivity contribution in [1.82, 2.24) is 0 Å². The summed E-state index contributed by atoms with van der Waals surface area (Å²) in [5, 5.41) is 9.18. The van der Waals surface area contributed by atoms with Crippen molar-refractivity contribution in [3.63, 3.8) is 0 Å². The van der Waals surface area contributed by atoms with Crippen molar-refractivity contribution < 1.29 is 9.90 Å². The highest BCUT2D eigenvalue weighted by atomic mass is 16.3. The fourth-order valence-corrected chi connectivity index (χ4v) is 1.98. The fourth-order valence-electron chi connectivity index (χ4n) is 1.98. The van der Waals surface area contributed by atoms with Crippen LogP contribution in [0.25, 0.3) is 0 Å². The van der Waals surface area contributed by atoms with Crippen molar-refractivity contribution in [2.45, 2.75) is 46.5 Å². The van der Waals surface area contributed by atoms with E-state index in [1.54, 1.807) is 0 Å². The zero-order valence-corrected chi connectivity index (χ0v) is 11.0. The minimum Gasteiger partial charge on any atom is -0.392 e. The monoisotopic (exact) mass is 234 g/mol. The summed E-state index contributed by atoms with van der Waals surface area (Å²) in [5.41, 5.74) is 4.02. The Balaban J connectivity index is 3.03. The van der Waals surface area contributed by atoms with Gasteiger partial charge in [0, 0.05) is 12.0 Å². The first-order chi connectivity index (χ1) is 8.04. The van der Waals surface area contributed by atoms with Crippen LogP contribution in [0.15, 0.2) is 34.4 Å². The molecule has 1 N–H and O–H groups in total. The number of hydrogen-bond acceptors (Lipinski definition) is 2. The summed E-state index contributed by atoms with van der Waals surface area (Å²) in [7, 11) is 0. The van der Waals surface area contributed by atoms with Gasteiger partial charge >= 0.3 is 0 Å². The molecule has 94 valence electrons. The van der Waals surface area contributed by atoms with Crippen molar-refractivity contribution in [3.8, 4) is 0 Å². The third kappa shape index (κ3) is 4.31. The fraction of sp³-hybridized carbons (Fsp3) is 0.533. The van der Waals surface area contributed by atoms with E-state index in [0.717, 1.165) is 29.6 Å². The number of aliphatic hydroxyl groups is 1. The van der Waals surface area contributed by atoms with E-state index in [0.29, 0.717) is 12.8 Å². The van der Waals surface area contributed by atoms with Gasteiger partial charge in [0.15, 0.2) is 5.78 Å². The molecule has 0 aromatic rings. The molecule has 17 heavy (non-hydrogen) atoms. The molecule has 0 saturated carbocycles. The van der Waals surface area contributed by atoms with Gasteiger partial charge in [0.25, 0.3) is 0 Å². The van der Waals surface area contributed by atoms with E-state index < -0.39 is 0 Å². The Morgan fingerprint density at radius 2 is 2.00 bits per heavy atom. The average molecular weight is 234 g/mol. The second-order valence-corrected chi connectivity index (χ2v) is 4.86. The summed E-state index contributed by atoms with van der Waals surface area (Å²) < 4.78 is 0. The van der Waals surface area contributed by atoms with Gasteiger partial charge in [-0.25, -0.2) is 0 Å². The van der Waals surface area contributed by atoms with Crippen LogP contribution in [-0.4, -0.2) is 17.5 Å². The zero-order chi connectivity index (χ0) is 12.8. The minimum atomic E-state index is -0.0310. The van der Waals surface area contributed by atoms with Crippen LogP contribution in [0.5, 0.6) is 0 Å². The third-order valence-electron chi connectivity index (χ3n) is 3.21. The molecule has 2 nitrogen and oxygen atoms in total. The number of carbonyl (C=O) groups excluding carboxylic acids is 1. The maximum absolute atomic E-state index is 12.1. The second-order valence-electron chi connectivity index (χ2n) is 4.86. The van der Waals surface area contributed by atoms with Gasteiger partial charge in [0.1, 0.15) is 0 Å². The van der Waals surface area contributed by atoms with Crippen LogP contribution in [0.3, 0.4) is 0 Å². The number of allylic oxidation sites excluding steroid dienone is 5. The minimum absolute atomic E-state index is 0.0310. The van der Waals surface area contributed by atoms with Gasteiger partial charge in [-0.3, -0.25) is 4.79 Å². The Labute approximate surface area is 104 Å². The van der Waals surface area contributed by atoms with E-state index in [1.165, 1.54) is 5.57 Å². The Kier molecular flexibility index (Phi) is 5.36. The van der Waals surface area contributed by atoms with Gasteiger partial charge in [-0.05, 0) is 45.6 Å². The Morgan fingerprint density at radius 3 is 2.65 bits per heavy atom. The molecule has 0 unspecified atom stereocenters. The first kappa shape index (κ1) is 13.9. The smallest absolute Gasteiger partial charge is 0.163 e. The standard InChI is InChI=1S/C15H22O2/c1-11-5-4-6-12(2)9-15(17)14(8-7-11)13(3)10-16/h6-7,16H,4-5,8-10H2,1-3H3/b11-7+,12-6+,14-13+. The van der Waals surface area contributed by atoms with Crippen LogP contribution >= 0.6 is 0 Å². The number of rotatable bonds is 1. The largest absolute Gasteiger partial charge is 0.392 e. The topological polar surface area (TPSA) is 37.3 Å². The first-order valence-electron chi connectivity index (χ1n) is 6.18. The maximum Gasteiger partial charge on any atom is 0.163 e. The molecule has 0 saturated heterocycles. The van der Waals surface area contributed by atoms with Gasteiger partial charge < -0.3 is 5.11 Å². The summed E-state index contributed by atoms with van der Waals surface area (Å²) in [4.78, 5) is 12.1. The summed E-state index contributed by atoms with van der Waals surface area (Å²) in [6.45, 7) is 5.91. The van der Waals surface area contributed by atoms with Gasteiger partial charge in [0.2, 0.25) is 0 Å².